The first kappa shape index (κ1) is 24.1. The van der Waals surface area contributed by atoms with Gasteiger partial charge in [-0.1, -0.05) is 20.8 Å². The van der Waals surface area contributed by atoms with Gasteiger partial charge in [0.15, 0.2) is 8.32 Å². The predicted molar refractivity (Wildman–Crippen MR) is 109 cm³/mol. The van der Waals surface area contributed by atoms with Crippen molar-refractivity contribution in [2.24, 2.45) is 0 Å². The van der Waals surface area contributed by atoms with E-state index in [1.807, 2.05) is 34.6 Å². The molecule has 2 atom stereocenters. The van der Waals surface area contributed by atoms with E-state index in [1.165, 1.54) is 0 Å². The topological polar surface area (TPSA) is 65.1 Å². The van der Waals surface area contributed by atoms with Gasteiger partial charge in [0.2, 0.25) is 0 Å². The molecule has 1 heterocycles. The van der Waals surface area contributed by atoms with Crippen molar-refractivity contribution in [3.63, 3.8) is 0 Å². The molecule has 27 heavy (non-hydrogen) atoms. The van der Waals surface area contributed by atoms with Crippen molar-refractivity contribution < 1.29 is 23.5 Å². The molecule has 0 unspecified atom stereocenters. The van der Waals surface area contributed by atoms with Crippen molar-refractivity contribution in [2.75, 3.05) is 6.61 Å². The second kappa shape index (κ2) is 9.52. The van der Waals surface area contributed by atoms with Gasteiger partial charge in [0, 0.05) is 6.42 Å². The number of carbonyl (C=O) groups excluding carboxylic acids is 2. The number of hydrogen-bond donors (Lipinski definition) is 0. The molecule has 1 aliphatic heterocycles. The summed E-state index contributed by atoms with van der Waals surface area (Å²) in [6.45, 7) is 16.2. The summed E-state index contributed by atoms with van der Waals surface area (Å²) in [5.41, 5.74) is -1.36. The van der Waals surface area contributed by atoms with Crippen LogP contribution < -0.4 is 0 Å². The monoisotopic (exact) mass is 401 g/mol. The molecule has 1 rings (SSSR count). The lowest BCUT2D eigenvalue weighted by molar-refractivity contribution is -0.108. The van der Waals surface area contributed by atoms with E-state index in [-0.39, 0.29) is 12.1 Å². The van der Waals surface area contributed by atoms with Gasteiger partial charge >= 0.3 is 6.09 Å². The molecule has 1 amide bonds. The molecule has 1 aliphatic rings. The van der Waals surface area contributed by atoms with Crippen LogP contribution in [0.1, 0.15) is 68.2 Å². The van der Waals surface area contributed by atoms with E-state index < -0.39 is 25.7 Å². The molecule has 0 saturated carbocycles. The van der Waals surface area contributed by atoms with E-state index in [2.05, 4.69) is 20.8 Å². The van der Waals surface area contributed by atoms with Crippen LogP contribution in [0, 0.1) is 0 Å². The van der Waals surface area contributed by atoms with E-state index in [1.54, 1.807) is 4.90 Å². The van der Waals surface area contributed by atoms with Gasteiger partial charge in [0.1, 0.15) is 17.6 Å². The molecule has 158 valence electrons. The minimum Gasteiger partial charge on any atom is -0.444 e. The molecule has 1 saturated heterocycles. The fraction of sp³-hybridized carbons (Fsp3) is 0.900. The van der Waals surface area contributed by atoms with Crippen molar-refractivity contribution in [3.8, 4) is 0 Å². The van der Waals surface area contributed by atoms with Gasteiger partial charge in [-0.05, 0) is 59.2 Å². The molecule has 0 bridgehead atoms. The van der Waals surface area contributed by atoms with E-state index in [0.29, 0.717) is 19.4 Å². The number of hydrogen-bond acceptors (Lipinski definition) is 5. The Labute approximate surface area is 166 Å². The van der Waals surface area contributed by atoms with Crippen LogP contribution in [-0.4, -0.2) is 55.7 Å². The highest BCUT2D eigenvalue weighted by Gasteiger charge is 2.50. The van der Waals surface area contributed by atoms with Crippen molar-refractivity contribution in [1.82, 2.24) is 4.90 Å². The highest BCUT2D eigenvalue weighted by Crippen LogP contribution is 2.35. The summed E-state index contributed by atoms with van der Waals surface area (Å²) in [5, 5.41) is 0. The Balaban J connectivity index is 3.17. The van der Waals surface area contributed by atoms with Crippen LogP contribution in [0.4, 0.5) is 4.79 Å². The lowest BCUT2D eigenvalue weighted by Crippen LogP contribution is -2.56. The minimum absolute atomic E-state index is 0.226. The smallest absolute Gasteiger partial charge is 0.412 e. The van der Waals surface area contributed by atoms with E-state index in [9.17, 15) is 9.59 Å². The normalized spacial score (nSPS) is 21.2. The van der Waals surface area contributed by atoms with Gasteiger partial charge < -0.3 is 18.7 Å². The van der Waals surface area contributed by atoms with Crippen molar-refractivity contribution in [2.45, 2.75) is 110 Å². The average Bonchev–Trinajstić information content (AvgIpc) is 2.89. The molecule has 0 radical (unpaired) electrons. The Bertz CT molecular complexity index is 491. The predicted octanol–water partition coefficient (Wildman–Crippen LogP) is 4.73. The number of nitrogens with zero attached hydrogens (tertiary/aromatic N) is 1. The molecule has 1 fully saturated rings. The molecule has 0 aliphatic carbocycles. The van der Waals surface area contributed by atoms with Crippen LogP contribution >= 0.6 is 0 Å². The molecular weight excluding hydrogens is 362 g/mol. The number of aldehydes is 1. The van der Waals surface area contributed by atoms with Gasteiger partial charge in [-0.2, -0.15) is 0 Å². The first-order valence-electron chi connectivity index (χ1n) is 10.2. The summed E-state index contributed by atoms with van der Waals surface area (Å²) >= 11 is 0. The van der Waals surface area contributed by atoms with Gasteiger partial charge in [-0.25, -0.2) is 4.79 Å². The van der Waals surface area contributed by atoms with Crippen molar-refractivity contribution >= 4 is 20.7 Å². The summed E-state index contributed by atoms with van der Waals surface area (Å²) in [7, 11) is -1.91. The largest absolute Gasteiger partial charge is 0.444 e. The second-order valence-corrected chi connectivity index (χ2v) is 13.5. The Morgan fingerprint density at radius 3 is 2.26 bits per heavy atom. The van der Waals surface area contributed by atoms with Crippen molar-refractivity contribution in [3.05, 3.63) is 0 Å². The average molecular weight is 402 g/mol. The fourth-order valence-electron chi connectivity index (χ4n) is 3.66. The summed E-state index contributed by atoms with van der Waals surface area (Å²) in [6.07, 6.45) is 1.29. The third-order valence-corrected chi connectivity index (χ3v) is 10.1. The number of ether oxygens (including phenoxy) is 2. The minimum atomic E-state index is -1.91. The molecule has 0 aromatic carbocycles. The highest BCUT2D eigenvalue weighted by atomic mass is 28.4. The molecule has 0 N–H and O–H groups in total. The first-order valence-corrected chi connectivity index (χ1v) is 12.8. The Kier molecular flexibility index (Phi) is 8.50. The van der Waals surface area contributed by atoms with Crippen LogP contribution in [0.5, 0.6) is 0 Å². The molecule has 0 spiro atoms. The maximum absolute atomic E-state index is 12.9. The zero-order valence-electron chi connectivity index (χ0n) is 18.5. The maximum Gasteiger partial charge on any atom is 0.412 e. The van der Waals surface area contributed by atoms with E-state index >= 15 is 0 Å². The molecule has 0 aromatic heterocycles. The van der Waals surface area contributed by atoms with E-state index in [4.69, 9.17) is 13.9 Å². The molecular formula is C20H39NO5Si. The lowest BCUT2D eigenvalue weighted by Gasteiger charge is -2.41. The third-order valence-electron chi connectivity index (χ3n) is 5.44. The molecule has 7 heteroatoms. The van der Waals surface area contributed by atoms with Crippen LogP contribution in [0.15, 0.2) is 0 Å². The zero-order chi connectivity index (χ0) is 20.9. The first-order chi connectivity index (χ1) is 12.4. The number of carbonyl (C=O) groups is 2. The standard InChI is InChI=1S/C20H39NO5Si/c1-9-27(10-2,11-3)26-17(13-12-14-22)16-15-24-20(7,8)21(16)18(23)25-19(4,5)6/h14,16-17H,9-13,15H2,1-8H3/t16-,17+/m0/s1. The Morgan fingerprint density at radius 1 is 1.26 bits per heavy atom. The summed E-state index contributed by atoms with van der Waals surface area (Å²) in [5.74, 6) is 0. The summed E-state index contributed by atoms with van der Waals surface area (Å²) in [6, 6.07) is 2.79. The second-order valence-electron chi connectivity index (χ2n) is 8.82. The van der Waals surface area contributed by atoms with Crippen molar-refractivity contribution in [1.29, 1.82) is 0 Å². The van der Waals surface area contributed by atoms with Crippen LogP contribution in [0.2, 0.25) is 18.1 Å². The highest BCUT2D eigenvalue weighted by molar-refractivity contribution is 6.73. The van der Waals surface area contributed by atoms with Crippen LogP contribution in [0.3, 0.4) is 0 Å². The third kappa shape index (κ3) is 6.29. The van der Waals surface area contributed by atoms with Gasteiger partial charge in [-0.15, -0.1) is 0 Å². The molecule has 6 nitrogen and oxygen atoms in total. The van der Waals surface area contributed by atoms with Gasteiger partial charge in [-0.3, -0.25) is 4.90 Å². The Morgan fingerprint density at radius 2 is 1.81 bits per heavy atom. The summed E-state index contributed by atoms with van der Waals surface area (Å²) < 4.78 is 18.3. The maximum atomic E-state index is 12.9. The SMILES string of the molecule is CC[Si](CC)(CC)O[C@H](CCC=O)[C@@H]1COC(C)(C)N1C(=O)OC(C)(C)C. The summed E-state index contributed by atoms with van der Waals surface area (Å²) in [4.78, 5) is 25.7. The zero-order valence-corrected chi connectivity index (χ0v) is 19.5. The fourth-order valence-corrected chi connectivity index (χ4v) is 6.57. The number of rotatable bonds is 9. The van der Waals surface area contributed by atoms with E-state index in [0.717, 1.165) is 24.4 Å². The van der Waals surface area contributed by atoms with Crippen LogP contribution in [0.25, 0.3) is 0 Å². The lowest BCUT2D eigenvalue weighted by atomic mass is 10.1. The quantitative estimate of drug-likeness (QED) is 0.413. The molecule has 0 aromatic rings. The number of amides is 1. The van der Waals surface area contributed by atoms with Crippen LogP contribution in [-0.2, 0) is 18.7 Å². The van der Waals surface area contributed by atoms with Gasteiger partial charge in [0.05, 0.1) is 18.8 Å². The van der Waals surface area contributed by atoms with Gasteiger partial charge in [0.25, 0.3) is 0 Å². The Hall–Kier alpha value is -0.923.